The van der Waals surface area contributed by atoms with Gasteiger partial charge in [-0.25, -0.2) is 4.79 Å². The molecule has 2 aromatic rings. The molecule has 0 saturated heterocycles. The third kappa shape index (κ3) is 5.05. The van der Waals surface area contributed by atoms with E-state index < -0.39 is 23.8 Å². The van der Waals surface area contributed by atoms with E-state index in [1.165, 1.54) is 7.11 Å². The van der Waals surface area contributed by atoms with Gasteiger partial charge in [-0.3, -0.25) is 4.79 Å². The first-order valence-corrected chi connectivity index (χ1v) is 8.09. The highest BCUT2D eigenvalue weighted by Gasteiger charge is 2.38. The smallest absolute Gasteiger partial charge is 0.336 e. The fraction of sp³-hybridized carbons (Fsp3) is 0.263. The summed E-state index contributed by atoms with van der Waals surface area (Å²) in [5, 5.41) is 20.4. The number of hydrogen-bond acceptors (Lipinski definition) is 4. The van der Waals surface area contributed by atoms with Gasteiger partial charge in [0.15, 0.2) is 11.4 Å². The summed E-state index contributed by atoms with van der Waals surface area (Å²) >= 11 is 5.81. The van der Waals surface area contributed by atoms with Gasteiger partial charge in [0.1, 0.15) is 5.75 Å². The molecule has 0 saturated carbocycles. The van der Waals surface area contributed by atoms with Crippen molar-refractivity contribution in [3.05, 3.63) is 64.7 Å². The Morgan fingerprint density at radius 3 is 2.20 bits per heavy atom. The van der Waals surface area contributed by atoms with Crippen molar-refractivity contribution in [2.45, 2.75) is 24.9 Å². The molecular weight excluding hydrogens is 344 g/mol. The number of carboxylic acids is 1. The summed E-state index contributed by atoms with van der Waals surface area (Å²) in [7, 11) is 1.51. The normalized spacial score (nSPS) is 13.1. The van der Waals surface area contributed by atoms with Crippen LogP contribution < -0.4 is 4.74 Å². The lowest BCUT2D eigenvalue weighted by Crippen LogP contribution is -2.41. The molecule has 0 aliphatic carbocycles. The minimum absolute atomic E-state index is 0.0775. The van der Waals surface area contributed by atoms with Crippen molar-refractivity contribution in [2.24, 2.45) is 0 Å². The molecule has 2 rings (SSSR count). The second-order valence-electron chi connectivity index (χ2n) is 5.79. The monoisotopic (exact) mass is 362 g/mol. The molecule has 6 heteroatoms. The van der Waals surface area contributed by atoms with Crippen LogP contribution in [-0.4, -0.2) is 34.7 Å². The Hall–Kier alpha value is -2.37. The number of carbonyl (C=O) groups is 2. The summed E-state index contributed by atoms with van der Waals surface area (Å²) in [5.41, 5.74) is -0.968. The van der Waals surface area contributed by atoms with Crippen molar-refractivity contribution < 1.29 is 24.5 Å². The molecule has 0 heterocycles. The maximum atomic E-state index is 12.3. The molecule has 2 aromatic carbocycles. The van der Waals surface area contributed by atoms with Crippen LogP contribution in [0.5, 0.6) is 5.75 Å². The topological polar surface area (TPSA) is 83.8 Å². The standard InChI is InChI=1S/C19H19ClO5/c1-25-16-8-4-14(5-9-16)17(21)12-19(24,18(22)23)11-10-13-2-6-15(20)7-3-13/h2-9,24H,10-12H2,1H3,(H,22,23). The van der Waals surface area contributed by atoms with Crippen LogP contribution in [-0.2, 0) is 11.2 Å². The highest BCUT2D eigenvalue weighted by molar-refractivity contribution is 6.30. The Balaban J connectivity index is 2.08. The SMILES string of the molecule is COc1ccc(C(=O)CC(O)(CCc2ccc(Cl)cc2)C(=O)O)cc1. The number of halogens is 1. The zero-order valence-corrected chi connectivity index (χ0v) is 14.5. The highest BCUT2D eigenvalue weighted by atomic mass is 35.5. The third-order valence-electron chi connectivity index (χ3n) is 4.00. The van der Waals surface area contributed by atoms with E-state index in [0.717, 1.165) is 5.56 Å². The van der Waals surface area contributed by atoms with Crippen LogP contribution in [0.15, 0.2) is 48.5 Å². The lowest BCUT2D eigenvalue weighted by atomic mass is 9.88. The molecule has 0 bridgehead atoms. The number of benzene rings is 2. The molecule has 0 aliphatic rings. The van der Waals surface area contributed by atoms with Crippen LogP contribution >= 0.6 is 11.6 Å². The minimum Gasteiger partial charge on any atom is -0.497 e. The number of ketones is 1. The molecule has 5 nitrogen and oxygen atoms in total. The Bertz CT molecular complexity index is 739. The van der Waals surface area contributed by atoms with E-state index in [0.29, 0.717) is 22.8 Å². The van der Waals surface area contributed by atoms with Gasteiger partial charge in [-0.15, -0.1) is 0 Å². The molecule has 0 radical (unpaired) electrons. The van der Waals surface area contributed by atoms with Gasteiger partial charge in [0.05, 0.1) is 13.5 Å². The fourth-order valence-corrected chi connectivity index (χ4v) is 2.54. The molecule has 0 aliphatic heterocycles. The van der Waals surface area contributed by atoms with Crippen LogP contribution in [0.25, 0.3) is 0 Å². The Kier molecular flexibility index (Phi) is 6.17. The summed E-state index contributed by atoms with van der Waals surface area (Å²) in [6.07, 6.45) is -0.260. The number of Topliss-reactive ketones (excluding diaryl/α,β-unsaturated/α-hetero) is 1. The second kappa shape index (κ2) is 8.14. The summed E-state index contributed by atoms with van der Waals surface area (Å²) in [6.45, 7) is 0. The second-order valence-corrected chi connectivity index (χ2v) is 6.23. The number of ether oxygens (including phenoxy) is 1. The average Bonchev–Trinajstić information content (AvgIpc) is 2.61. The minimum atomic E-state index is -2.13. The number of aryl methyl sites for hydroxylation is 1. The number of hydrogen-bond donors (Lipinski definition) is 2. The van der Waals surface area contributed by atoms with E-state index in [4.69, 9.17) is 16.3 Å². The highest BCUT2D eigenvalue weighted by Crippen LogP contribution is 2.23. The Labute approximate surface area is 150 Å². The molecule has 25 heavy (non-hydrogen) atoms. The van der Waals surface area contributed by atoms with Gasteiger partial charge in [0, 0.05) is 10.6 Å². The first kappa shape index (κ1) is 19.0. The zero-order chi connectivity index (χ0) is 18.4. The summed E-state index contributed by atoms with van der Waals surface area (Å²) in [5.74, 6) is -1.26. The van der Waals surface area contributed by atoms with Crippen LogP contribution in [0.3, 0.4) is 0 Å². The average molecular weight is 363 g/mol. The van der Waals surface area contributed by atoms with Crippen molar-refractivity contribution in [1.82, 2.24) is 0 Å². The van der Waals surface area contributed by atoms with Crippen molar-refractivity contribution >= 4 is 23.4 Å². The van der Waals surface area contributed by atoms with E-state index in [9.17, 15) is 19.8 Å². The molecular formula is C19H19ClO5. The van der Waals surface area contributed by atoms with Crippen molar-refractivity contribution in [3.63, 3.8) is 0 Å². The van der Waals surface area contributed by atoms with Crippen LogP contribution in [0.1, 0.15) is 28.8 Å². The maximum absolute atomic E-state index is 12.3. The van der Waals surface area contributed by atoms with Gasteiger partial charge in [0.2, 0.25) is 0 Å². The Morgan fingerprint density at radius 2 is 1.68 bits per heavy atom. The van der Waals surface area contributed by atoms with E-state index in [1.807, 2.05) is 0 Å². The summed E-state index contributed by atoms with van der Waals surface area (Å²) in [4.78, 5) is 23.9. The predicted molar refractivity (Wildman–Crippen MR) is 94.3 cm³/mol. The number of carbonyl (C=O) groups excluding carboxylic acids is 1. The van der Waals surface area contributed by atoms with Gasteiger partial charge in [-0.05, 0) is 54.8 Å². The van der Waals surface area contributed by atoms with Gasteiger partial charge >= 0.3 is 5.97 Å². The predicted octanol–water partition coefficient (Wildman–Crippen LogP) is 3.37. The van der Waals surface area contributed by atoms with Crippen LogP contribution in [0.4, 0.5) is 0 Å². The first-order valence-electron chi connectivity index (χ1n) is 7.71. The molecule has 2 N–H and O–H groups in total. The molecule has 0 fully saturated rings. The maximum Gasteiger partial charge on any atom is 0.336 e. The lowest BCUT2D eigenvalue weighted by Gasteiger charge is -2.22. The third-order valence-corrected chi connectivity index (χ3v) is 4.26. The zero-order valence-electron chi connectivity index (χ0n) is 13.7. The number of methoxy groups -OCH3 is 1. The first-order chi connectivity index (χ1) is 11.8. The van der Waals surface area contributed by atoms with Crippen molar-refractivity contribution in [2.75, 3.05) is 7.11 Å². The fourth-order valence-electron chi connectivity index (χ4n) is 2.42. The Morgan fingerprint density at radius 1 is 1.08 bits per heavy atom. The number of aliphatic carboxylic acids is 1. The molecule has 0 amide bonds. The van der Waals surface area contributed by atoms with Crippen molar-refractivity contribution in [3.8, 4) is 5.75 Å². The van der Waals surface area contributed by atoms with Crippen LogP contribution in [0, 0.1) is 0 Å². The molecule has 1 atom stereocenters. The summed E-state index contributed by atoms with van der Waals surface area (Å²) in [6, 6.07) is 13.2. The lowest BCUT2D eigenvalue weighted by molar-refractivity contribution is -0.158. The molecule has 0 aromatic heterocycles. The van der Waals surface area contributed by atoms with Gasteiger partial charge in [0.25, 0.3) is 0 Å². The van der Waals surface area contributed by atoms with Gasteiger partial charge in [-0.2, -0.15) is 0 Å². The molecule has 1 unspecified atom stereocenters. The number of rotatable bonds is 8. The van der Waals surface area contributed by atoms with E-state index >= 15 is 0 Å². The largest absolute Gasteiger partial charge is 0.497 e. The molecule has 132 valence electrons. The van der Waals surface area contributed by atoms with E-state index in [2.05, 4.69) is 0 Å². The van der Waals surface area contributed by atoms with Gasteiger partial charge < -0.3 is 14.9 Å². The number of aliphatic hydroxyl groups is 1. The van der Waals surface area contributed by atoms with Crippen molar-refractivity contribution in [1.29, 1.82) is 0 Å². The van der Waals surface area contributed by atoms with E-state index in [-0.39, 0.29) is 6.42 Å². The molecule has 0 spiro atoms. The summed E-state index contributed by atoms with van der Waals surface area (Å²) < 4.78 is 5.02. The van der Waals surface area contributed by atoms with E-state index in [1.54, 1.807) is 48.5 Å². The van der Waals surface area contributed by atoms with Gasteiger partial charge in [-0.1, -0.05) is 23.7 Å². The quantitative estimate of drug-likeness (QED) is 0.703. The van der Waals surface area contributed by atoms with Crippen LogP contribution in [0.2, 0.25) is 5.02 Å². The number of carboxylic acid groups (broad SMARTS) is 1.